The fourth-order valence-electron chi connectivity index (χ4n) is 2.33. The molecule has 0 N–H and O–H groups in total. The molecule has 2 aromatic carbocycles. The quantitative estimate of drug-likeness (QED) is 0.656. The van der Waals surface area contributed by atoms with Gasteiger partial charge in [0.2, 0.25) is 0 Å². The van der Waals surface area contributed by atoms with E-state index in [1.54, 1.807) is 0 Å². The standard InChI is InChI=1S/C18H19/c1-4-16(15-10-6-5-7-11-15)18-13-9-8-12-17(18)14(2)3/h4-13,16H,1H2,2-3H3. The molecule has 91 valence electrons. The third kappa shape index (κ3) is 2.53. The summed E-state index contributed by atoms with van der Waals surface area (Å²) in [6.45, 7) is 8.32. The highest BCUT2D eigenvalue weighted by Crippen LogP contribution is 2.31. The highest BCUT2D eigenvalue weighted by atomic mass is 14.2. The van der Waals surface area contributed by atoms with E-state index < -0.39 is 0 Å². The van der Waals surface area contributed by atoms with Crippen LogP contribution in [-0.4, -0.2) is 0 Å². The van der Waals surface area contributed by atoms with E-state index in [4.69, 9.17) is 0 Å². The first-order valence-electron chi connectivity index (χ1n) is 6.31. The summed E-state index contributed by atoms with van der Waals surface area (Å²) in [4.78, 5) is 0. The van der Waals surface area contributed by atoms with Gasteiger partial charge in [0.1, 0.15) is 0 Å². The maximum Gasteiger partial charge on any atom is 0.0269 e. The molecule has 0 heteroatoms. The van der Waals surface area contributed by atoms with Gasteiger partial charge in [-0.3, -0.25) is 0 Å². The third-order valence-electron chi connectivity index (χ3n) is 3.23. The molecule has 2 rings (SSSR count). The molecule has 0 saturated heterocycles. The second-order valence-corrected chi connectivity index (χ2v) is 4.71. The molecule has 0 bridgehead atoms. The van der Waals surface area contributed by atoms with Crippen molar-refractivity contribution in [3.8, 4) is 0 Å². The Labute approximate surface area is 110 Å². The first-order chi connectivity index (χ1) is 8.74. The van der Waals surface area contributed by atoms with Gasteiger partial charge in [0.05, 0.1) is 0 Å². The molecule has 2 aromatic rings. The van der Waals surface area contributed by atoms with Gasteiger partial charge in [0.15, 0.2) is 0 Å². The van der Waals surface area contributed by atoms with Crippen LogP contribution in [0.15, 0.2) is 67.3 Å². The van der Waals surface area contributed by atoms with Crippen molar-refractivity contribution in [1.29, 1.82) is 0 Å². The van der Waals surface area contributed by atoms with Crippen molar-refractivity contribution in [2.45, 2.75) is 19.8 Å². The molecule has 0 aliphatic heterocycles. The van der Waals surface area contributed by atoms with Crippen molar-refractivity contribution >= 4 is 0 Å². The molecule has 0 heterocycles. The Morgan fingerprint density at radius 2 is 1.56 bits per heavy atom. The van der Waals surface area contributed by atoms with Gasteiger partial charge < -0.3 is 0 Å². The summed E-state index contributed by atoms with van der Waals surface area (Å²) >= 11 is 0. The van der Waals surface area contributed by atoms with Crippen LogP contribution in [0.1, 0.15) is 36.5 Å². The molecule has 0 aromatic heterocycles. The van der Waals surface area contributed by atoms with Crippen LogP contribution in [-0.2, 0) is 0 Å². The summed E-state index contributed by atoms with van der Waals surface area (Å²) in [6, 6.07) is 19.1. The Morgan fingerprint density at radius 3 is 2.17 bits per heavy atom. The highest BCUT2D eigenvalue weighted by Gasteiger charge is 2.15. The smallest absolute Gasteiger partial charge is 0.0269 e. The Balaban J connectivity index is 2.49. The number of allylic oxidation sites excluding steroid dienone is 1. The first kappa shape index (κ1) is 12.6. The minimum absolute atomic E-state index is 0.261. The number of rotatable bonds is 4. The topological polar surface area (TPSA) is 0 Å². The molecular formula is C18H19. The Kier molecular flexibility index (Phi) is 3.99. The molecule has 0 saturated carbocycles. The van der Waals surface area contributed by atoms with E-state index in [1.807, 2.05) is 12.1 Å². The second kappa shape index (κ2) is 5.68. The minimum Gasteiger partial charge on any atom is -0.102 e. The van der Waals surface area contributed by atoms with E-state index in [0.29, 0.717) is 0 Å². The van der Waals surface area contributed by atoms with Crippen LogP contribution in [0.3, 0.4) is 0 Å². The fraction of sp³-hybridized carbons (Fsp3) is 0.167. The molecule has 0 amide bonds. The Hall–Kier alpha value is -1.82. The van der Waals surface area contributed by atoms with Gasteiger partial charge in [-0.15, -0.1) is 6.58 Å². The lowest BCUT2D eigenvalue weighted by Crippen LogP contribution is -2.03. The van der Waals surface area contributed by atoms with Gasteiger partial charge >= 0.3 is 0 Å². The maximum atomic E-state index is 4.00. The van der Waals surface area contributed by atoms with Crippen LogP contribution in [0.2, 0.25) is 0 Å². The van der Waals surface area contributed by atoms with Crippen molar-refractivity contribution in [3.63, 3.8) is 0 Å². The van der Waals surface area contributed by atoms with Crippen LogP contribution in [0, 0.1) is 5.92 Å². The van der Waals surface area contributed by atoms with E-state index in [2.05, 4.69) is 69.0 Å². The van der Waals surface area contributed by atoms with Gasteiger partial charge in [-0.2, -0.15) is 0 Å². The monoisotopic (exact) mass is 235 g/mol. The second-order valence-electron chi connectivity index (χ2n) is 4.71. The maximum absolute atomic E-state index is 4.00. The third-order valence-corrected chi connectivity index (χ3v) is 3.23. The largest absolute Gasteiger partial charge is 0.102 e. The molecule has 1 radical (unpaired) electrons. The van der Waals surface area contributed by atoms with Gasteiger partial charge in [0, 0.05) is 5.92 Å². The average Bonchev–Trinajstić information content (AvgIpc) is 2.41. The SMILES string of the molecule is C=CC(c1ccccc1)c1ccccc1[C](C)C. The lowest BCUT2D eigenvalue weighted by molar-refractivity contribution is 0.985. The summed E-state index contributed by atoms with van der Waals surface area (Å²) in [5.74, 6) is 1.60. The zero-order valence-corrected chi connectivity index (χ0v) is 11.1. The van der Waals surface area contributed by atoms with Crippen LogP contribution in [0.4, 0.5) is 0 Å². The average molecular weight is 235 g/mol. The Morgan fingerprint density at radius 1 is 0.944 bits per heavy atom. The fourth-order valence-corrected chi connectivity index (χ4v) is 2.33. The summed E-state index contributed by atoms with van der Waals surface area (Å²) in [5, 5.41) is 0. The Bertz CT molecular complexity index is 509. The highest BCUT2D eigenvalue weighted by molar-refractivity contribution is 5.45. The summed E-state index contributed by atoms with van der Waals surface area (Å²) < 4.78 is 0. The first-order valence-corrected chi connectivity index (χ1v) is 6.31. The van der Waals surface area contributed by atoms with Crippen LogP contribution < -0.4 is 0 Å². The predicted molar refractivity (Wildman–Crippen MR) is 78.6 cm³/mol. The van der Waals surface area contributed by atoms with Crippen molar-refractivity contribution in [3.05, 3.63) is 89.9 Å². The molecule has 1 atom stereocenters. The van der Waals surface area contributed by atoms with Crippen molar-refractivity contribution in [1.82, 2.24) is 0 Å². The molecule has 0 aliphatic carbocycles. The number of hydrogen-bond donors (Lipinski definition) is 0. The number of hydrogen-bond acceptors (Lipinski definition) is 0. The van der Waals surface area contributed by atoms with Crippen LogP contribution >= 0.6 is 0 Å². The number of benzene rings is 2. The molecule has 0 aliphatic rings. The lowest BCUT2D eigenvalue weighted by Gasteiger charge is -2.19. The molecule has 0 spiro atoms. The van der Waals surface area contributed by atoms with E-state index in [0.717, 1.165) is 0 Å². The molecular weight excluding hydrogens is 216 g/mol. The van der Waals surface area contributed by atoms with Gasteiger partial charge in [-0.1, -0.05) is 74.5 Å². The van der Waals surface area contributed by atoms with Crippen molar-refractivity contribution in [2.75, 3.05) is 0 Å². The van der Waals surface area contributed by atoms with Gasteiger partial charge in [0.25, 0.3) is 0 Å². The van der Waals surface area contributed by atoms with E-state index >= 15 is 0 Å². The van der Waals surface area contributed by atoms with Crippen molar-refractivity contribution < 1.29 is 0 Å². The van der Waals surface area contributed by atoms with Crippen LogP contribution in [0.25, 0.3) is 0 Å². The summed E-state index contributed by atoms with van der Waals surface area (Å²) in [7, 11) is 0. The molecule has 18 heavy (non-hydrogen) atoms. The zero-order chi connectivity index (χ0) is 13.0. The summed E-state index contributed by atoms with van der Waals surface area (Å²) in [6.07, 6.45) is 2.02. The minimum atomic E-state index is 0.261. The normalized spacial score (nSPS) is 12.4. The van der Waals surface area contributed by atoms with Gasteiger partial charge in [-0.05, 0) is 22.6 Å². The van der Waals surface area contributed by atoms with Crippen molar-refractivity contribution in [2.24, 2.45) is 0 Å². The van der Waals surface area contributed by atoms with Crippen LogP contribution in [0.5, 0.6) is 0 Å². The summed E-state index contributed by atoms with van der Waals surface area (Å²) in [5.41, 5.74) is 3.95. The van der Waals surface area contributed by atoms with Gasteiger partial charge in [-0.25, -0.2) is 0 Å². The van der Waals surface area contributed by atoms with E-state index in [1.165, 1.54) is 22.6 Å². The molecule has 1 unspecified atom stereocenters. The van der Waals surface area contributed by atoms with E-state index in [9.17, 15) is 0 Å². The zero-order valence-electron chi connectivity index (χ0n) is 11.1. The molecule has 0 nitrogen and oxygen atoms in total. The molecule has 0 fully saturated rings. The lowest BCUT2D eigenvalue weighted by atomic mass is 9.85. The predicted octanol–water partition coefficient (Wildman–Crippen LogP) is 4.97. The van der Waals surface area contributed by atoms with E-state index in [-0.39, 0.29) is 5.92 Å².